The molecule has 0 fully saturated rings. The van der Waals surface area contributed by atoms with Gasteiger partial charge in [-0.15, -0.1) is 11.6 Å². The fraction of sp³-hybridized carbons (Fsp3) is 0.636. The Morgan fingerprint density at radius 2 is 2.41 bits per heavy atom. The van der Waals surface area contributed by atoms with E-state index in [2.05, 4.69) is 5.10 Å². The summed E-state index contributed by atoms with van der Waals surface area (Å²) in [5.74, 6) is -0.176. The van der Waals surface area contributed by atoms with Gasteiger partial charge in [-0.3, -0.25) is 9.48 Å². The van der Waals surface area contributed by atoms with Crippen LogP contribution in [0.25, 0.3) is 0 Å². The second-order valence-electron chi connectivity index (χ2n) is 3.74. The summed E-state index contributed by atoms with van der Waals surface area (Å²) >= 11 is 5.78. The van der Waals surface area contributed by atoms with E-state index in [0.29, 0.717) is 6.54 Å². The SMILES string of the molecule is CCn1nccc1CN(CCO)C(=O)C(C)Cl. The fourth-order valence-electron chi connectivity index (χ4n) is 1.61. The van der Waals surface area contributed by atoms with Crippen molar-refractivity contribution in [3.63, 3.8) is 0 Å². The molecule has 1 amide bonds. The molecule has 1 unspecified atom stereocenters. The summed E-state index contributed by atoms with van der Waals surface area (Å²) in [6.07, 6.45) is 1.70. The summed E-state index contributed by atoms with van der Waals surface area (Å²) in [7, 11) is 0. The average molecular weight is 260 g/mol. The molecule has 0 saturated heterocycles. The van der Waals surface area contributed by atoms with E-state index in [1.54, 1.807) is 18.0 Å². The molecule has 1 atom stereocenters. The minimum absolute atomic E-state index is 0.0738. The molecular formula is C11H18ClN3O2. The van der Waals surface area contributed by atoms with Gasteiger partial charge in [0.15, 0.2) is 0 Å². The van der Waals surface area contributed by atoms with Gasteiger partial charge in [0.1, 0.15) is 5.38 Å². The maximum absolute atomic E-state index is 11.8. The van der Waals surface area contributed by atoms with Crippen LogP contribution in [0.4, 0.5) is 0 Å². The van der Waals surface area contributed by atoms with E-state index >= 15 is 0 Å². The summed E-state index contributed by atoms with van der Waals surface area (Å²) in [5, 5.41) is 12.5. The van der Waals surface area contributed by atoms with Gasteiger partial charge in [0.2, 0.25) is 5.91 Å². The van der Waals surface area contributed by atoms with Crippen LogP contribution in [0.15, 0.2) is 12.3 Å². The van der Waals surface area contributed by atoms with Crippen molar-refractivity contribution in [1.29, 1.82) is 0 Å². The van der Waals surface area contributed by atoms with Gasteiger partial charge in [-0.2, -0.15) is 5.10 Å². The summed E-state index contributed by atoms with van der Waals surface area (Å²) in [6.45, 7) is 4.99. The lowest BCUT2D eigenvalue weighted by atomic mass is 10.3. The van der Waals surface area contributed by atoms with Crippen molar-refractivity contribution < 1.29 is 9.90 Å². The molecule has 0 aromatic carbocycles. The third-order valence-corrected chi connectivity index (χ3v) is 2.67. The molecule has 96 valence electrons. The molecule has 1 rings (SSSR count). The Labute approximate surface area is 106 Å². The largest absolute Gasteiger partial charge is 0.395 e. The van der Waals surface area contributed by atoms with Crippen molar-refractivity contribution in [1.82, 2.24) is 14.7 Å². The number of carbonyl (C=O) groups is 1. The van der Waals surface area contributed by atoms with Gasteiger partial charge in [-0.05, 0) is 19.9 Å². The Morgan fingerprint density at radius 1 is 1.71 bits per heavy atom. The lowest BCUT2D eigenvalue weighted by Gasteiger charge is -2.23. The number of aryl methyl sites for hydroxylation is 1. The number of nitrogens with zero attached hydrogens (tertiary/aromatic N) is 3. The first-order valence-corrected chi connectivity index (χ1v) is 6.08. The highest BCUT2D eigenvalue weighted by molar-refractivity contribution is 6.30. The number of carbonyl (C=O) groups excluding carboxylic acids is 1. The number of aromatic nitrogens is 2. The second kappa shape index (κ2) is 6.61. The van der Waals surface area contributed by atoms with Crippen molar-refractivity contribution in [2.45, 2.75) is 32.3 Å². The summed E-state index contributed by atoms with van der Waals surface area (Å²) in [5.41, 5.74) is 0.937. The van der Waals surface area contributed by atoms with Crippen LogP contribution in [0.3, 0.4) is 0 Å². The van der Waals surface area contributed by atoms with Crippen molar-refractivity contribution in [3.8, 4) is 0 Å². The van der Waals surface area contributed by atoms with E-state index in [1.807, 2.05) is 17.7 Å². The first-order valence-electron chi connectivity index (χ1n) is 5.64. The normalized spacial score (nSPS) is 12.5. The summed E-state index contributed by atoms with van der Waals surface area (Å²) in [4.78, 5) is 13.4. The van der Waals surface area contributed by atoms with Crippen molar-refractivity contribution in [2.75, 3.05) is 13.2 Å². The predicted octanol–water partition coefficient (Wildman–Crippen LogP) is 0.851. The Kier molecular flexibility index (Phi) is 5.44. The van der Waals surface area contributed by atoms with Crippen molar-refractivity contribution >= 4 is 17.5 Å². The quantitative estimate of drug-likeness (QED) is 0.771. The van der Waals surface area contributed by atoms with Gasteiger partial charge in [-0.1, -0.05) is 0 Å². The molecular weight excluding hydrogens is 242 g/mol. The molecule has 1 N–H and O–H groups in total. The molecule has 0 aliphatic heterocycles. The van der Waals surface area contributed by atoms with E-state index < -0.39 is 5.38 Å². The van der Waals surface area contributed by atoms with Crippen molar-refractivity contribution in [3.05, 3.63) is 18.0 Å². The van der Waals surface area contributed by atoms with E-state index in [1.165, 1.54) is 0 Å². The second-order valence-corrected chi connectivity index (χ2v) is 4.39. The molecule has 1 aromatic heterocycles. The highest BCUT2D eigenvalue weighted by Crippen LogP contribution is 2.08. The Balaban J connectivity index is 2.76. The van der Waals surface area contributed by atoms with Gasteiger partial charge in [-0.25, -0.2) is 0 Å². The van der Waals surface area contributed by atoms with Crippen LogP contribution in [0.1, 0.15) is 19.5 Å². The lowest BCUT2D eigenvalue weighted by Crippen LogP contribution is -2.37. The third kappa shape index (κ3) is 3.71. The van der Waals surface area contributed by atoms with Gasteiger partial charge < -0.3 is 10.0 Å². The standard InChI is InChI=1S/C11H18ClN3O2/c1-3-15-10(4-5-13-15)8-14(6-7-16)11(17)9(2)12/h4-5,9,16H,3,6-8H2,1-2H3. The fourth-order valence-corrected chi connectivity index (χ4v) is 1.75. The third-order valence-electron chi connectivity index (χ3n) is 2.48. The van der Waals surface area contributed by atoms with Crippen LogP contribution >= 0.6 is 11.6 Å². The minimum Gasteiger partial charge on any atom is -0.395 e. The van der Waals surface area contributed by atoms with Gasteiger partial charge in [0.25, 0.3) is 0 Å². The zero-order valence-electron chi connectivity index (χ0n) is 10.1. The highest BCUT2D eigenvalue weighted by atomic mass is 35.5. The zero-order chi connectivity index (χ0) is 12.8. The van der Waals surface area contributed by atoms with Crippen LogP contribution in [-0.2, 0) is 17.9 Å². The summed E-state index contributed by atoms with van der Waals surface area (Å²) in [6, 6.07) is 1.86. The Morgan fingerprint density at radius 3 is 2.94 bits per heavy atom. The van der Waals surface area contributed by atoms with E-state index in [-0.39, 0.29) is 19.1 Å². The molecule has 0 bridgehead atoms. The molecule has 0 aliphatic carbocycles. The number of hydrogen-bond acceptors (Lipinski definition) is 3. The van der Waals surface area contributed by atoms with Crippen LogP contribution in [0.5, 0.6) is 0 Å². The number of halogens is 1. The van der Waals surface area contributed by atoms with Crippen LogP contribution in [0.2, 0.25) is 0 Å². The monoisotopic (exact) mass is 259 g/mol. The number of aliphatic hydroxyl groups excluding tert-OH is 1. The molecule has 6 heteroatoms. The molecule has 0 spiro atoms. The predicted molar refractivity (Wildman–Crippen MR) is 65.7 cm³/mol. The maximum atomic E-state index is 11.8. The summed E-state index contributed by atoms with van der Waals surface area (Å²) < 4.78 is 1.82. The molecule has 0 radical (unpaired) electrons. The zero-order valence-corrected chi connectivity index (χ0v) is 10.9. The molecule has 1 heterocycles. The average Bonchev–Trinajstić information content (AvgIpc) is 2.74. The van der Waals surface area contributed by atoms with Gasteiger partial charge >= 0.3 is 0 Å². The molecule has 1 aromatic rings. The number of amides is 1. The number of aliphatic hydroxyl groups is 1. The van der Waals surface area contributed by atoms with Crippen LogP contribution < -0.4 is 0 Å². The van der Waals surface area contributed by atoms with E-state index in [4.69, 9.17) is 16.7 Å². The Hall–Kier alpha value is -1.07. The lowest BCUT2D eigenvalue weighted by molar-refractivity contribution is -0.131. The molecule has 0 saturated carbocycles. The van der Waals surface area contributed by atoms with Crippen LogP contribution in [-0.4, -0.2) is 44.2 Å². The number of rotatable bonds is 6. The maximum Gasteiger partial charge on any atom is 0.240 e. The minimum atomic E-state index is -0.584. The molecule has 17 heavy (non-hydrogen) atoms. The molecule has 0 aliphatic rings. The van der Waals surface area contributed by atoms with E-state index in [9.17, 15) is 4.79 Å². The smallest absolute Gasteiger partial charge is 0.240 e. The van der Waals surface area contributed by atoms with E-state index in [0.717, 1.165) is 12.2 Å². The van der Waals surface area contributed by atoms with Gasteiger partial charge in [0.05, 0.1) is 18.8 Å². The Bertz CT molecular complexity index is 365. The first-order chi connectivity index (χ1) is 8.10. The van der Waals surface area contributed by atoms with Gasteiger partial charge in [0, 0.05) is 19.3 Å². The van der Waals surface area contributed by atoms with Crippen LogP contribution in [0, 0.1) is 0 Å². The molecule has 5 nitrogen and oxygen atoms in total. The number of hydrogen-bond donors (Lipinski definition) is 1. The topological polar surface area (TPSA) is 58.4 Å². The first kappa shape index (κ1) is 14.0. The van der Waals surface area contributed by atoms with Crippen molar-refractivity contribution in [2.24, 2.45) is 0 Å². The number of alkyl halides is 1. The highest BCUT2D eigenvalue weighted by Gasteiger charge is 2.19.